The van der Waals surface area contributed by atoms with Gasteiger partial charge in [0.05, 0.1) is 18.9 Å². The fraction of sp³-hybridized carbons (Fsp3) is 0.222. The number of carbonyl (C=O) groups excluding carboxylic acids is 1. The largest absolute Gasteiger partial charge is 0.495 e. The molecule has 0 aliphatic heterocycles. The van der Waals surface area contributed by atoms with E-state index in [-0.39, 0.29) is 16.0 Å². The fourth-order valence-corrected chi connectivity index (χ4v) is 1.98. The molecule has 1 amide bonds. The predicted octanol–water partition coefficient (Wildman–Crippen LogP) is 3.09. The van der Waals surface area contributed by atoms with Crippen LogP contribution in [0.25, 0.3) is 11.1 Å². The van der Waals surface area contributed by atoms with Crippen molar-refractivity contribution in [2.75, 3.05) is 12.5 Å². The Bertz CT molecular complexity index is 819. The summed E-state index contributed by atoms with van der Waals surface area (Å²) in [5, 5.41) is 6.50. The molecule has 12 heteroatoms. The summed E-state index contributed by atoms with van der Waals surface area (Å²) in [6, 6.07) is 15.7. The monoisotopic (exact) mass is 459 g/mol. The molecule has 10 nitrogen and oxygen atoms in total. The van der Waals surface area contributed by atoms with Crippen LogP contribution in [-0.2, 0) is 9.30 Å². The van der Waals surface area contributed by atoms with Crippen molar-refractivity contribution in [3.8, 4) is 23.4 Å². The second-order valence-corrected chi connectivity index (χ2v) is 6.52. The van der Waals surface area contributed by atoms with Crippen LogP contribution in [0.15, 0.2) is 48.5 Å². The highest BCUT2D eigenvalue weighted by Gasteiger charge is 2.09. The maximum atomic E-state index is 11.5. The number of benzene rings is 2. The van der Waals surface area contributed by atoms with Crippen molar-refractivity contribution in [3.05, 3.63) is 48.5 Å². The summed E-state index contributed by atoms with van der Waals surface area (Å²) in [5.74, 6) is 0.629. The van der Waals surface area contributed by atoms with Crippen LogP contribution in [0.1, 0.15) is 13.8 Å². The average Bonchev–Trinajstić information content (AvgIpc) is 2.66. The number of ether oxygens (including phenoxy) is 2. The van der Waals surface area contributed by atoms with Crippen LogP contribution in [0.4, 0.5) is 10.5 Å². The molecule has 0 saturated heterocycles. The summed E-state index contributed by atoms with van der Waals surface area (Å²) in [6.45, 7) is 7.08. The summed E-state index contributed by atoms with van der Waals surface area (Å²) in [4.78, 5) is 33.1. The van der Waals surface area contributed by atoms with Crippen molar-refractivity contribution in [1.82, 2.24) is 5.43 Å². The Morgan fingerprint density at radius 1 is 1.07 bits per heavy atom. The van der Waals surface area contributed by atoms with Crippen molar-refractivity contribution in [2.45, 2.75) is 20.0 Å². The summed E-state index contributed by atoms with van der Waals surface area (Å²) >= 11 is 0. The Hall–Kier alpha value is -2.66. The van der Waals surface area contributed by atoms with Crippen molar-refractivity contribution < 1.29 is 33.5 Å². The molecule has 0 aliphatic carbocycles. The van der Waals surface area contributed by atoms with Crippen molar-refractivity contribution in [2.24, 2.45) is 0 Å². The lowest BCUT2D eigenvalue weighted by atomic mass is 10.1. The first kappa shape index (κ1) is 29.5. The van der Waals surface area contributed by atoms with E-state index in [9.17, 15) is 4.79 Å². The zero-order chi connectivity index (χ0) is 22.4. The van der Waals surface area contributed by atoms with Gasteiger partial charge in [0.2, 0.25) is 0 Å². The summed E-state index contributed by atoms with van der Waals surface area (Å²) in [7, 11) is -3.06. The van der Waals surface area contributed by atoms with Gasteiger partial charge in [-0.1, -0.05) is 36.4 Å². The second kappa shape index (κ2) is 15.2. The Morgan fingerprint density at radius 2 is 1.60 bits per heavy atom. The van der Waals surface area contributed by atoms with Crippen molar-refractivity contribution >= 4 is 29.5 Å². The molecule has 2 aromatic rings. The summed E-state index contributed by atoms with van der Waals surface area (Å²) in [6.07, 6.45) is -0.721. The normalized spacial score (nSPS) is 9.50. The molecule has 2 aromatic carbocycles. The first-order valence-corrected chi connectivity index (χ1v) is 9.67. The number of hydrogen-bond donors (Lipinski definition) is 5. The van der Waals surface area contributed by atoms with E-state index in [1.807, 2.05) is 48.5 Å². The van der Waals surface area contributed by atoms with Crippen LogP contribution in [0.2, 0.25) is 0 Å². The lowest BCUT2D eigenvalue weighted by Crippen LogP contribution is -2.31. The number of hydrogen-bond acceptors (Lipinski definition) is 6. The fourth-order valence-electron chi connectivity index (χ4n) is 1.98. The van der Waals surface area contributed by atoms with E-state index in [1.165, 1.54) is 0 Å². The number of amides is 1. The van der Waals surface area contributed by atoms with Gasteiger partial charge in [0.1, 0.15) is 5.75 Å². The van der Waals surface area contributed by atoms with Gasteiger partial charge in [-0.15, -0.1) is 0 Å². The van der Waals surface area contributed by atoms with Crippen LogP contribution in [0, 0.1) is 11.8 Å². The van der Waals surface area contributed by atoms with Crippen molar-refractivity contribution in [1.29, 1.82) is 5.26 Å². The van der Waals surface area contributed by atoms with Gasteiger partial charge in [0, 0.05) is 6.57 Å². The van der Waals surface area contributed by atoms with E-state index in [0.29, 0.717) is 11.4 Å². The first-order valence-electron chi connectivity index (χ1n) is 8.10. The molecule has 0 fully saturated rings. The molecule has 30 heavy (non-hydrogen) atoms. The number of methoxy groups -OCH3 is 1. The standard InChI is InChI=1S/C17H20N2O3.CHN.H3O4P.H3P/c1-12(2)22-17(20)19-18-15-11-14(9-10-16(15)21-3)13-7-5-4-6-8-13;1-2;1-5(2,3)4;/h4-12,18H,1-3H3,(H,19,20);1H;(H3,1,2,3,4);1H3. The second-order valence-electron chi connectivity index (χ2n) is 5.50. The molecule has 0 saturated carbocycles. The molecule has 1 unspecified atom stereocenters. The number of rotatable bonds is 5. The topological polar surface area (TPSA) is 161 Å². The molecule has 0 bridgehead atoms. The van der Waals surface area contributed by atoms with Gasteiger partial charge >= 0.3 is 13.9 Å². The molecular weight excluding hydrogens is 432 g/mol. The van der Waals surface area contributed by atoms with E-state index in [2.05, 4.69) is 17.4 Å². The predicted molar refractivity (Wildman–Crippen MR) is 119 cm³/mol. The summed E-state index contributed by atoms with van der Waals surface area (Å²) < 4.78 is 19.2. The molecule has 5 N–H and O–H groups in total. The molecule has 0 aliphatic rings. The van der Waals surface area contributed by atoms with E-state index in [0.717, 1.165) is 11.1 Å². The minimum Gasteiger partial charge on any atom is -0.495 e. The van der Waals surface area contributed by atoms with Gasteiger partial charge in [0.15, 0.2) is 0 Å². The van der Waals surface area contributed by atoms with Gasteiger partial charge in [0.25, 0.3) is 0 Å². The minimum absolute atomic E-state index is 0. The number of nitrogens with one attached hydrogen (secondary N) is 2. The molecule has 0 heterocycles. The highest BCUT2D eigenvalue weighted by atomic mass is 31.2. The molecular formula is C18H27N3O7P2. The highest BCUT2D eigenvalue weighted by molar-refractivity contribution is 7.45. The molecule has 0 spiro atoms. The van der Waals surface area contributed by atoms with E-state index in [1.54, 1.807) is 21.0 Å². The van der Waals surface area contributed by atoms with Crippen molar-refractivity contribution in [3.63, 3.8) is 0 Å². The average molecular weight is 459 g/mol. The van der Waals surface area contributed by atoms with Gasteiger partial charge in [-0.05, 0) is 37.1 Å². The molecule has 0 aromatic heterocycles. The van der Waals surface area contributed by atoms with Gasteiger partial charge in [-0.25, -0.2) is 20.0 Å². The third-order valence-electron chi connectivity index (χ3n) is 2.95. The third kappa shape index (κ3) is 13.5. The SMILES string of the molecule is C#N.COc1ccc(-c2ccccc2)cc1NNC(=O)OC(C)C.O=P(O)(O)O.P. The zero-order valence-corrected chi connectivity index (χ0v) is 19.2. The minimum atomic E-state index is -4.64. The Kier molecular flexibility index (Phi) is 15.0. The lowest BCUT2D eigenvalue weighted by Gasteiger charge is -2.15. The zero-order valence-electron chi connectivity index (χ0n) is 16.8. The summed E-state index contributed by atoms with van der Waals surface area (Å²) in [5.41, 5.74) is 8.08. The molecule has 2 rings (SSSR count). The van der Waals surface area contributed by atoms with E-state index >= 15 is 0 Å². The molecule has 166 valence electrons. The number of nitriles is 1. The number of nitrogens with zero attached hydrogens (tertiary/aromatic N) is 1. The number of anilines is 1. The van der Waals surface area contributed by atoms with Crippen LogP contribution in [0.3, 0.4) is 0 Å². The molecule has 0 radical (unpaired) electrons. The van der Waals surface area contributed by atoms with Gasteiger partial charge in [-0.2, -0.15) is 9.90 Å². The van der Waals surface area contributed by atoms with Crippen LogP contribution >= 0.6 is 17.7 Å². The van der Waals surface area contributed by atoms with E-state index < -0.39 is 13.9 Å². The van der Waals surface area contributed by atoms with E-state index in [4.69, 9.17) is 34.0 Å². The third-order valence-corrected chi connectivity index (χ3v) is 2.95. The smallest absolute Gasteiger partial charge is 0.466 e. The Morgan fingerprint density at radius 3 is 2.07 bits per heavy atom. The lowest BCUT2D eigenvalue weighted by molar-refractivity contribution is 0.117. The maximum absolute atomic E-state index is 11.5. The number of phosphoric acid groups is 1. The Labute approximate surface area is 178 Å². The van der Waals surface area contributed by atoms with Crippen LogP contribution < -0.4 is 15.6 Å². The highest BCUT2D eigenvalue weighted by Crippen LogP contribution is 2.30. The maximum Gasteiger partial charge on any atom is 0.466 e. The number of carbonyl (C=O) groups is 1. The first-order chi connectivity index (χ1) is 13.6. The van der Waals surface area contributed by atoms with Crippen LogP contribution in [0.5, 0.6) is 5.75 Å². The number of hydrazine groups is 1. The molecule has 1 atom stereocenters. The van der Waals surface area contributed by atoms with Gasteiger partial charge in [-0.3, -0.25) is 5.43 Å². The quantitative estimate of drug-likeness (QED) is 0.334. The van der Waals surface area contributed by atoms with Crippen LogP contribution in [-0.4, -0.2) is 34.0 Å². The van der Waals surface area contributed by atoms with Gasteiger partial charge < -0.3 is 24.2 Å². The Balaban J connectivity index is 0.